The van der Waals surface area contributed by atoms with Gasteiger partial charge in [0, 0.05) is 13.1 Å². The van der Waals surface area contributed by atoms with Crippen molar-refractivity contribution >= 4 is 5.91 Å². The van der Waals surface area contributed by atoms with Gasteiger partial charge in [-0.2, -0.15) is 0 Å². The van der Waals surface area contributed by atoms with Crippen molar-refractivity contribution in [3.05, 3.63) is 11.8 Å². The normalized spacial score (nSPS) is 27.9. The molecule has 2 rings (SSSR count). The van der Waals surface area contributed by atoms with Gasteiger partial charge in [0.05, 0.1) is 12.1 Å². The van der Waals surface area contributed by atoms with Crippen LogP contribution in [-0.2, 0) is 9.63 Å². The van der Waals surface area contributed by atoms with Gasteiger partial charge in [0.25, 0.3) is 0 Å². The van der Waals surface area contributed by atoms with Gasteiger partial charge in [-0.15, -0.1) is 5.48 Å². The molecular weight excluding hydrogens is 256 g/mol. The summed E-state index contributed by atoms with van der Waals surface area (Å²) in [5.41, 5.74) is 2.98. The monoisotopic (exact) mass is 282 g/mol. The number of likely N-dealkylation sites (tertiary alicyclic amines) is 1. The van der Waals surface area contributed by atoms with E-state index in [9.17, 15) is 9.90 Å². The number of β-amino-alcohol motifs (C(OH)–C–C–N with tert-alkyl or cyclic N) is 1. The quantitative estimate of drug-likeness (QED) is 0.816. The second-order valence-electron chi connectivity index (χ2n) is 6.51. The van der Waals surface area contributed by atoms with Crippen molar-refractivity contribution in [2.75, 3.05) is 13.1 Å². The first-order valence-electron chi connectivity index (χ1n) is 7.51. The van der Waals surface area contributed by atoms with Crippen LogP contribution in [0.1, 0.15) is 34.1 Å². The van der Waals surface area contributed by atoms with E-state index in [0.717, 1.165) is 5.76 Å². The van der Waals surface area contributed by atoms with E-state index in [2.05, 4.69) is 19.3 Å². The van der Waals surface area contributed by atoms with Crippen LogP contribution in [0.25, 0.3) is 0 Å². The Morgan fingerprint density at radius 1 is 1.45 bits per heavy atom. The number of hydrogen-bond donors (Lipinski definition) is 2. The lowest BCUT2D eigenvalue weighted by Crippen LogP contribution is -2.38. The van der Waals surface area contributed by atoms with Gasteiger partial charge in [0.2, 0.25) is 5.91 Å². The first kappa shape index (κ1) is 15.3. The fraction of sp³-hybridized carbons (Fsp3) is 0.800. The molecule has 0 aromatic heterocycles. The highest BCUT2D eigenvalue weighted by Crippen LogP contribution is 2.29. The van der Waals surface area contributed by atoms with Crippen molar-refractivity contribution in [3.63, 3.8) is 0 Å². The van der Waals surface area contributed by atoms with E-state index >= 15 is 0 Å². The highest BCUT2D eigenvalue weighted by Gasteiger charge is 2.37. The van der Waals surface area contributed by atoms with Crippen LogP contribution in [0.15, 0.2) is 11.8 Å². The maximum atomic E-state index is 12.7. The van der Waals surface area contributed by atoms with E-state index in [1.165, 1.54) is 0 Å². The molecule has 2 N–H and O–H groups in total. The Kier molecular flexibility index (Phi) is 4.70. The van der Waals surface area contributed by atoms with Gasteiger partial charge in [0.15, 0.2) is 0 Å². The van der Waals surface area contributed by atoms with Crippen LogP contribution in [0.2, 0.25) is 0 Å². The van der Waals surface area contributed by atoms with Crippen LogP contribution < -0.4 is 5.48 Å². The third-order valence-electron chi connectivity index (χ3n) is 4.09. The zero-order chi connectivity index (χ0) is 14.9. The topological polar surface area (TPSA) is 61.8 Å². The Hall–Kier alpha value is -1.07. The fourth-order valence-electron chi connectivity index (χ4n) is 2.75. The van der Waals surface area contributed by atoms with Crippen LogP contribution in [0.4, 0.5) is 0 Å². The molecule has 0 bridgehead atoms. The van der Waals surface area contributed by atoms with Crippen molar-refractivity contribution in [2.24, 2.45) is 17.8 Å². The number of nitrogens with zero attached hydrogens (tertiary/aromatic N) is 1. The first-order valence-corrected chi connectivity index (χ1v) is 7.51. The van der Waals surface area contributed by atoms with Gasteiger partial charge in [-0.1, -0.05) is 27.7 Å². The molecule has 0 saturated carbocycles. The molecule has 0 aromatic rings. The minimum absolute atomic E-state index is 0.0639. The summed E-state index contributed by atoms with van der Waals surface area (Å²) in [7, 11) is 0. The summed E-state index contributed by atoms with van der Waals surface area (Å²) in [5, 5.41) is 9.60. The van der Waals surface area contributed by atoms with E-state index in [1.54, 1.807) is 4.90 Å². The average Bonchev–Trinajstić information content (AvgIpc) is 2.97. The van der Waals surface area contributed by atoms with Gasteiger partial charge < -0.3 is 14.8 Å². The molecule has 5 heteroatoms. The van der Waals surface area contributed by atoms with Gasteiger partial charge in [-0.25, -0.2) is 0 Å². The predicted octanol–water partition coefficient (Wildman–Crippen LogP) is 1.30. The Labute approximate surface area is 120 Å². The summed E-state index contributed by atoms with van der Waals surface area (Å²) in [5.74, 6) is 1.11. The van der Waals surface area contributed by atoms with E-state index in [1.807, 2.05) is 19.9 Å². The van der Waals surface area contributed by atoms with Crippen LogP contribution >= 0.6 is 0 Å². The minimum atomic E-state index is -0.383. The van der Waals surface area contributed by atoms with Crippen molar-refractivity contribution in [2.45, 2.75) is 46.3 Å². The third-order valence-corrected chi connectivity index (χ3v) is 4.09. The molecule has 0 aliphatic carbocycles. The molecule has 0 spiro atoms. The Balaban J connectivity index is 2.12. The second-order valence-corrected chi connectivity index (χ2v) is 6.51. The Morgan fingerprint density at radius 2 is 2.15 bits per heavy atom. The van der Waals surface area contributed by atoms with Crippen molar-refractivity contribution in [1.82, 2.24) is 10.4 Å². The van der Waals surface area contributed by atoms with Crippen molar-refractivity contribution in [3.8, 4) is 0 Å². The van der Waals surface area contributed by atoms with E-state index in [-0.39, 0.29) is 29.9 Å². The van der Waals surface area contributed by atoms with Crippen molar-refractivity contribution < 1.29 is 14.7 Å². The van der Waals surface area contributed by atoms with Crippen molar-refractivity contribution in [1.29, 1.82) is 0 Å². The molecule has 5 nitrogen and oxygen atoms in total. The number of aliphatic hydroxyl groups excluding tert-OH is 1. The van der Waals surface area contributed by atoms with Gasteiger partial charge >= 0.3 is 0 Å². The molecule has 1 amide bonds. The van der Waals surface area contributed by atoms with Crippen LogP contribution in [0.3, 0.4) is 0 Å². The summed E-state index contributed by atoms with van der Waals surface area (Å²) in [6.45, 7) is 9.37. The molecule has 2 aliphatic rings. The molecule has 1 saturated heterocycles. The summed E-state index contributed by atoms with van der Waals surface area (Å²) < 4.78 is 0. The van der Waals surface area contributed by atoms with E-state index in [0.29, 0.717) is 25.4 Å². The molecule has 2 heterocycles. The number of rotatable bonds is 4. The maximum absolute atomic E-state index is 12.7. The number of carbonyl (C=O) groups is 1. The average molecular weight is 282 g/mol. The standard InChI is InChI=1S/C15H26N2O3/c1-9(2)12-7-13(20-16-12)14(10(3)4)15(19)17-6-5-11(18)8-17/h7,9-12,14,16,18H,5-6,8H2,1-4H3. The number of hydrogen-bond acceptors (Lipinski definition) is 4. The zero-order valence-electron chi connectivity index (χ0n) is 12.8. The lowest BCUT2D eigenvalue weighted by Gasteiger charge is -2.25. The molecule has 1 fully saturated rings. The SMILES string of the molecule is CC(C)C1C=C(C(C(=O)N2CCC(O)C2)C(C)C)ON1. The molecule has 3 unspecified atom stereocenters. The Morgan fingerprint density at radius 3 is 2.60 bits per heavy atom. The van der Waals surface area contributed by atoms with Gasteiger partial charge in [-0.3, -0.25) is 4.79 Å². The van der Waals surface area contributed by atoms with Crippen LogP contribution in [0.5, 0.6) is 0 Å². The van der Waals surface area contributed by atoms with Crippen LogP contribution in [-0.4, -0.2) is 41.1 Å². The molecule has 20 heavy (non-hydrogen) atoms. The highest BCUT2D eigenvalue weighted by molar-refractivity contribution is 5.82. The van der Waals surface area contributed by atoms with E-state index in [4.69, 9.17) is 4.84 Å². The van der Waals surface area contributed by atoms with E-state index < -0.39 is 0 Å². The van der Waals surface area contributed by atoms with Crippen LogP contribution in [0, 0.1) is 17.8 Å². The molecule has 114 valence electrons. The summed E-state index contributed by atoms with van der Waals surface area (Å²) in [6.07, 6.45) is 2.31. The second kappa shape index (κ2) is 6.14. The fourth-order valence-corrected chi connectivity index (χ4v) is 2.75. The zero-order valence-corrected chi connectivity index (χ0v) is 12.8. The molecule has 2 aliphatic heterocycles. The number of carbonyl (C=O) groups excluding carboxylic acids is 1. The third kappa shape index (κ3) is 3.15. The number of amides is 1. The first-order chi connectivity index (χ1) is 9.40. The molecular formula is C15H26N2O3. The summed E-state index contributed by atoms with van der Waals surface area (Å²) >= 11 is 0. The molecule has 0 radical (unpaired) electrons. The minimum Gasteiger partial charge on any atom is -0.412 e. The smallest absolute Gasteiger partial charge is 0.233 e. The maximum Gasteiger partial charge on any atom is 0.233 e. The summed E-state index contributed by atoms with van der Waals surface area (Å²) in [4.78, 5) is 20.0. The largest absolute Gasteiger partial charge is 0.412 e. The predicted molar refractivity (Wildman–Crippen MR) is 76.5 cm³/mol. The Bertz CT molecular complexity index is 393. The molecule has 3 atom stereocenters. The highest BCUT2D eigenvalue weighted by atomic mass is 16.7. The lowest BCUT2D eigenvalue weighted by molar-refractivity contribution is -0.136. The number of hydroxylamine groups is 1. The number of aliphatic hydroxyl groups is 1. The van der Waals surface area contributed by atoms with Gasteiger partial charge in [0.1, 0.15) is 11.7 Å². The number of nitrogens with one attached hydrogen (secondary N) is 1. The molecule has 0 aromatic carbocycles. The summed E-state index contributed by atoms with van der Waals surface area (Å²) in [6, 6.07) is 0.156. The lowest BCUT2D eigenvalue weighted by atomic mass is 9.90. The van der Waals surface area contributed by atoms with Gasteiger partial charge in [-0.05, 0) is 24.3 Å².